The lowest BCUT2D eigenvalue weighted by Crippen LogP contribution is -2.31. The summed E-state index contributed by atoms with van der Waals surface area (Å²) in [5.41, 5.74) is 7.19. The largest absolute Gasteiger partial charge is 0.507 e. The summed E-state index contributed by atoms with van der Waals surface area (Å²) in [5.74, 6) is 0.312. The highest BCUT2D eigenvalue weighted by atomic mass is 79.9. The molecule has 1 aromatic carbocycles. The molecule has 2 nitrogen and oxygen atoms in total. The van der Waals surface area contributed by atoms with Crippen molar-refractivity contribution >= 4 is 15.9 Å². The first-order valence-corrected chi connectivity index (χ1v) is 6.16. The normalized spacial score (nSPS) is 19.3. The Bertz CT molecular complexity index is 359. The van der Waals surface area contributed by atoms with Crippen molar-refractivity contribution in [3.05, 3.63) is 28.2 Å². The fraction of sp³-hybridized carbons (Fsp3) is 0.500. The van der Waals surface area contributed by atoms with Gasteiger partial charge < -0.3 is 10.8 Å². The maximum atomic E-state index is 9.68. The minimum atomic E-state index is 0.109. The van der Waals surface area contributed by atoms with Crippen LogP contribution in [0.5, 0.6) is 5.75 Å². The van der Waals surface area contributed by atoms with Crippen molar-refractivity contribution in [3.63, 3.8) is 0 Å². The lowest BCUT2D eigenvalue weighted by molar-refractivity contribution is 0.440. The molecule has 1 aromatic rings. The van der Waals surface area contributed by atoms with Crippen LogP contribution >= 0.6 is 15.9 Å². The Balaban J connectivity index is 2.38. The van der Waals surface area contributed by atoms with Gasteiger partial charge in [-0.15, -0.1) is 0 Å². The molecule has 1 saturated carbocycles. The third-order valence-electron chi connectivity index (χ3n) is 3.51. The predicted molar refractivity (Wildman–Crippen MR) is 65.0 cm³/mol. The Kier molecular flexibility index (Phi) is 3.03. The Labute approximate surface area is 98.6 Å². The smallest absolute Gasteiger partial charge is 0.130 e. The summed E-state index contributed by atoms with van der Waals surface area (Å²) < 4.78 is 0.747. The highest BCUT2D eigenvalue weighted by Crippen LogP contribution is 2.42. The van der Waals surface area contributed by atoms with Crippen LogP contribution in [0.1, 0.15) is 31.2 Å². The zero-order valence-corrected chi connectivity index (χ0v) is 10.3. The van der Waals surface area contributed by atoms with Crippen molar-refractivity contribution in [2.75, 3.05) is 6.54 Å². The first-order chi connectivity index (χ1) is 7.18. The van der Waals surface area contributed by atoms with E-state index in [0.29, 0.717) is 12.3 Å². The standard InChI is InChI=1S/C12H16BrNO/c13-10-4-3-9(7-11(10)15)12(8-14)5-1-2-6-12/h3-4,7,15H,1-2,5-6,8,14H2. The average Bonchev–Trinajstić information content (AvgIpc) is 2.72. The van der Waals surface area contributed by atoms with Crippen molar-refractivity contribution in [1.29, 1.82) is 0 Å². The van der Waals surface area contributed by atoms with Gasteiger partial charge >= 0.3 is 0 Å². The molecule has 0 aliphatic heterocycles. The molecular weight excluding hydrogens is 254 g/mol. The zero-order valence-electron chi connectivity index (χ0n) is 8.67. The summed E-state index contributed by atoms with van der Waals surface area (Å²) in [4.78, 5) is 0. The molecule has 2 rings (SSSR count). The van der Waals surface area contributed by atoms with Crippen LogP contribution in [0.25, 0.3) is 0 Å². The lowest BCUT2D eigenvalue weighted by atomic mass is 9.79. The summed E-state index contributed by atoms with van der Waals surface area (Å²) in [6.45, 7) is 0.675. The van der Waals surface area contributed by atoms with Crippen LogP contribution in [0, 0.1) is 0 Å². The summed E-state index contributed by atoms with van der Waals surface area (Å²) in [5, 5.41) is 9.68. The van der Waals surface area contributed by atoms with Crippen LogP contribution in [0.4, 0.5) is 0 Å². The predicted octanol–water partition coefficient (Wildman–Crippen LogP) is 2.93. The number of phenolic OH excluding ortho intramolecular Hbond substituents is 1. The van der Waals surface area contributed by atoms with Crippen molar-refractivity contribution in [2.45, 2.75) is 31.1 Å². The van der Waals surface area contributed by atoms with Crippen LogP contribution in [0.15, 0.2) is 22.7 Å². The van der Waals surface area contributed by atoms with E-state index in [2.05, 4.69) is 22.0 Å². The summed E-state index contributed by atoms with van der Waals surface area (Å²) in [6.07, 6.45) is 4.77. The van der Waals surface area contributed by atoms with Crippen molar-refractivity contribution < 1.29 is 5.11 Å². The third-order valence-corrected chi connectivity index (χ3v) is 4.18. The van der Waals surface area contributed by atoms with Gasteiger partial charge in [0.2, 0.25) is 0 Å². The quantitative estimate of drug-likeness (QED) is 0.868. The molecule has 3 heteroatoms. The number of benzene rings is 1. The number of nitrogens with two attached hydrogens (primary N) is 1. The number of rotatable bonds is 2. The van der Waals surface area contributed by atoms with Crippen LogP contribution in [-0.4, -0.2) is 11.7 Å². The first-order valence-electron chi connectivity index (χ1n) is 5.37. The van der Waals surface area contributed by atoms with Gasteiger partial charge in [0.25, 0.3) is 0 Å². The van der Waals surface area contributed by atoms with Gasteiger partial charge in [0, 0.05) is 12.0 Å². The van der Waals surface area contributed by atoms with E-state index < -0.39 is 0 Å². The van der Waals surface area contributed by atoms with Crippen LogP contribution in [0.2, 0.25) is 0 Å². The fourth-order valence-corrected chi connectivity index (χ4v) is 2.75. The van der Waals surface area contributed by atoms with E-state index in [1.807, 2.05) is 12.1 Å². The molecule has 1 aliphatic carbocycles. The van der Waals surface area contributed by atoms with E-state index >= 15 is 0 Å². The topological polar surface area (TPSA) is 46.2 Å². The van der Waals surface area contributed by atoms with Gasteiger partial charge in [0.1, 0.15) is 5.75 Å². The van der Waals surface area contributed by atoms with Gasteiger partial charge in [-0.2, -0.15) is 0 Å². The van der Waals surface area contributed by atoms with Gasteiger partial charge in [-0.3, -0.25) is 0 Å². The second-order valence-electron chi connectivity index (χ2n) is 4.36. The molecule has 0 unspecified atom stereocenters. The molecule has 0 saturated heterocycles. The summed E-state index contributed by atoms with van der Waals surface area (Å²) >= 11 is 3.30. The number of halogens is 1. The molecule has 1 aliphatic rings. The number of phenols is 1. The molecule has 3 N–H and O–H groups in total. The molecule has 0 heterocycles. The fourth-order valence-electron chi connectivity index (χ4n) is 2.50. The van der Waals surface area contributed by atoms with E-state index in [1.54, 1.807) is 0 Å². The number of hydrogen-bond acceptors (Lipinski definition) is 2. The molecule has 15 heavy (non-hydrogen) atoms. The van der Waals surface area contributed by atoms with Crippen molar-refractivity contribution in [2.24, 2.45) is 5.73 Å². The van der Waals surface area contributed by atoms with E-state index in [0.717, 1.165) is 17.3 Å². The first kappa shape index (κ1) is 11.0. The zero-order chi connectivity index (χ0) is 10.9. The monoisotopic (exact) mass is 269 g/mol. The highest BCUT2D eigenvalue weighted by Gasteiger charge is 2.34. The minimum Gasteiger partial charge on any atom is -0.507 e. The number of aromatic hydroxyl groups is 1. The van der Waals surface area contributed by atoms with Gasteiger partial charge in [-0.25, -0.2) is 0 Å². The Morgan fingerprint density at radius 2 is 2.00 bits per heavy atom. The van der Waals surface area contributed by atoms with Gasteiger partial charge in [0.15, 0.2) is 0 Å². The second kappa shape index (κ2) is 4.14. The van der Waals surface area contributed by atoms with E-state index in [9.17, 15) is 5.11 Å². The molecule has 0 spiro atoms. The maximum absolute atomic E-state index is 9.68. The molecule has 0 aromatic heterocycles. The van der Waals surface area contributed by atoms with E-state index in [1.165, 1.54) is 18.4 Å². The second-order valence-corrected chi connectivity index (χ2v) is 5.21. The van der Waals surface area contributed by atoms with Crippen LogP contribution in [-0.2, 0) is 5.41 Å². The van der Waals surface area contributed by atoms with Crippen molar-refractivity contribution in [1.82, 2.24) is 0 Å². The summed E-state index contributed by atoms with van der Waals surface area (Å²) in [6, 6.07) is 5.82. The number of hydrogen-bond donors (Lipinski definition) is 2. The Morgan fingerprint density at radius 3 is 2.53 bits per heavy atom. The average molecular weight is 270 g/mol. The molecule has 0 atom stereocenters. The summed E-state index contributed by atoms with van der Waals surface area (Å²) in [7, 11) is 0. The molecule has 1 fully saturated rings. The molecule has 82 valence electrons. The van der Waals surface area contributed by atoms with Crippen LogP contribution < -0.4 is 5.73 Å². The molecule has 0 amide bonds. The lowest BCUT2D eigenvalue weighted by Gasteiger charge is -2.28. The van der Waals surface area contributed by atoms with Crippen molar-refractivity contribution in [3.8, 4) is 5.75 Å². The van der Waals surface area contributed by atoms with E-state index in [4.69, 9.17) is 5.73 Å². The van der Waals surface area contributed by atoms with Crippen LogP contribution in [0.3, 0.4) is 0 Å². The molecule has 0 radical (unpaired) electrons. The maximum Gasteiger partial charge on any atom is 0.130 e. The highest BCUT2D eigenvalue weighted by molar-refractivity contribution is 9.10. The Hall–Kier alpha value is -0.540. The minimum absolute atomic E-state index is 0.109. The van der Waals surface area contributed by atoms with E-state index in [-0.39, 0.29) is 5.41 Å². The van der Waals surface area contributed by atoms with Gasteiger partial charge in [-0.1, -0.05) is 18.9 Å². The molecular formula is C12H16BrNO. The Morgan fingerprint density at radius 1 is 1.33 bits per heavy atom. The van der Waals surface area contributed by atoms with Gasteiger partial charge in [-0.05, 0) is 46.5 Å². The third kappa shape index (κ3) is 1.91. The molecule has 0 bridgehead atoms. The SMILES string of the molecule is NCC1(c2ccc(Br)c(O)c2)CCCC1. The van der Waals surface area contributed by atoms with Gasteiger partial charge in [0.05, 0.1) is 4.47 Å².